The van der Waals surface area contributed by atoms with Crippen LogP contribution in [-0.4, -0.2) is 15.9 Å². The Hall–Kier alpha value is -3.02. The van der Waals surface area contributed by atoms with E-state index in [0.29, 0.717) is 28.0 Å². The van der Waals surface area contributed by atoms with E-state index >= 15 is 0 Å². The van der Waals surface area contributed by atoms with Crippen LogP contribution in [0.3, 0.4) is 0 Å². The minimum atomic E-state index is -0.363. The molecular formula is C19H16FN3O2. The van der Waals surface area contributed by atoms with Gasteiger partial charge in [-0.2, -0.15) is 0 Å². The number of hydrogen-bond acceptors (Lipinski definition) is 3. The van der Waals surface area contributed by atoms with Gasteiger partial charge in [-0.3, -0.25) is 9.59 Å². The molecular weight excluding hydrogens is 321 g/mol. The van der Waals surface area contributed by atoms with E-state index in [1.54, 1.807) is 12.1 Å². The number of hydrogen-bond donors (Lipinski definition) is 2. The number of carbonyl (C=O) groups excluding carboxylic acids is 1. The number of rotatable bonds is 3. The number of halogens is 1. The number of pyridine rings is 2. The van der Waals surface area contributed by atoms with Gasteiger partial charge in [-0.25, -0.2) is 9.37 Å². The summed E-state index contributed by atoms with van der Waals surface area (Å²) >= 11 is 0. The predicted molar refractivity (Wildman–Crippen MR) is 93.8 cm³/mol. The van der Waals surface area contributed by atoms with Gasteiger partial charge in [0.15, 0.2) is 5.43 Å². The lowest BCUT2D eigenvalue weighted by Gasteiger charge is -2.09. The number of amides is 1. The fraction of sp³-hybridized carbons (Fsp3) is 0.211. The molecule has 2 heterocycles. The lowest BCUT2D eigenvalue weighted by molar-refractivity contribution is -0.117. The smallest absolute Gasteiger partial charge is 0.228 e. The molecule has 1 aliphatic carbocycles. The van der Waals surface area contributed by atoms with Gasteiger partial charge in [0.25, 0.3) is 0 Å². The fourth-order valence-corrected chi connectivity index (χ4v) is 2.82. The molecule has 126 valence electrons. The number of benzene rings is 1. The third kappa shape index (κ3) is 3.03. The molecule has 0 atom stereocenters. The zero-order valence-electron chi connectivity index (χ0n) is 13.6. The number of carbonyl (C=O) groups is 1. The van der Waals surface area contributed by atoms with E-state index in [1.165, 1.54) is 24.4 Å². The summed E-state index contributed by atoms with van der Waals surface area (Å²) in [6.07, 6.45) is 3.31. The largest absolute Gasteiger partial charge is 0.353 e. The summed E-state index contributed by atoms with van der Waals surface area (Å²) in [6.45, 7) is 1.85. The van der Waals surface area contributed by atoms with Crippen molar-refractivity contribution in [2.75, 3.05) is 5.32 Å². The monoisotopic (exact) mass is 337 g/mol. The summed E-state index contributed by atoms with van der Waals surface area (Å²) in [5.74, 6) is 0.00628. The molecule has 2 N–H and O–H groups in total. The van der Waals surface area contributed by atoms with Gasteiger partial charge in [0.05, 0.1) is 22.8 Å². The maximum atomic E-state index is 13.5. The molecule has 2 aromatic heterocycles. The average molecular weight is 337 g/mol. The average Bonchev–Trinajstić information content (AvgIpc) is 3.42. The Balaban J connectivity index is 1.76. The van der Waals surface area contributed by atoms with Crippen LogP contribution in [0.4, 0.5) is 10.2 Å². The Kier molecular flexibility index (Phi) is 3.60. The highest BCUT2D eigenvalue weighted by molar-refractivity contribution is 5.95. The standard InChI is InChI=1S/C19H16FN3O2/c1-10-2-5-12(20)6-13(10)15-8-17(24)14-7-18(21-9-16(14)22-15)23-19(25)11-3-4-11/h2,5-9,11H,3-4H2,1H3,(H,22,24)(H,21,23,25). The summed E-state index contributed by atoms with van der Waals surface area (Å²) in [4.78, 5) is 31.7. The molecule has 0 spiro atoms. The van der Waals surface area contributed by atoms with Crippen molar-refractivity contribution < 1.29 is 9.18 Å². The molecule has 4 rings (SSSR count). The first-order valence-corrected chi connectivity index (χ1v) is 8.12. The number of aryl methyl sites for hydroxylation is 1. The van der Waals surface area contributed by atoms with E-state index in [1.807, 2.05) is 6.92 Å². The van der Waals surface area contributed by atoms with E-state index in [9.17, 15) is 14.0 Å². The van der Waals surface area contributed by atoms with Gasteiger partial charge >= 0.3 is 0 Å². The molecule has 1 aliphatic rings. The molecule has 1 amide bonds. The van der Waals surface area contributed by atoms with Gasteiger partial charge in [0.1, 0.15) is 11.6 Å². The summed E-state index contributed by atoms with van der Waals surface area (Å²) in [5.41, 5.74) is 2.35. The Morgan fingerprint density at radius 1 is 1.28 bits per heavy atom. The van der Waals surface area contributed by atoms with Crippen LogP contribution in [0.1, 0.15) is 18.4 Å². The maximum Gasteiger partial charge on any atom is 0.228 e. The van der Waals surface area contributed by atoms with Crippen LogP contribution in [0.25, 0.3) is 22.2 Å². The van der Waals surface area contributed by atoms with Gasteiger partial charge in [-0.15, -0.1) is 0 Å². The summed E-state index contributed by atoms with van der Waals surface area (Å²) < 4.78 is 13.5. The van der Waals surface area contributed by atoms with E-state index in [4.69, 9.17) is 0 Å². The molecule has 0 aliphatic heterocycles. The molecule has 1 fully saturated rings. The lowest BCUT2D eigenvalue weighted by Crippen LogP contribution is -2.15. The summed E-state index contributed by atoms with van der Waals surface area (Å²) in [6, 6.07) is 7.45. The maximum absolute atomic E-state index is 13.5. The van der Waals surface area contributed by atoms with Crippen molar-refractivity contribution in [3.63, 3.8) is 0 Å². The van der Waals surface area contributed by atoms with E-state index < -0.39 is 0 Å². The Morgan fingerprint density at radius 3 is 2.84 bits per heavy atom. The number of aromatic amines is 1. The van der Waals surface area contributed by atoms with E-state index in [-0.39, 0.29) is 23.1 Å². The number of fused-ring (bicyclic) bond motifs is 1. The van der Waals surface area contributed by atoms with Gasteiger partial charge in [-0.1, -0.05) is 6.07 Å². The van der Waals surface area contributed by atoms with Gasteiger partial charge < -0.3 is 10.3 Å². The van der Waals surface area contributed by atoms with Crippen LogP contribution in [-0.2, 0) is 4.79 Å². The number of nitrogens with zero attached hydrogens (tertiary/aromatic N) is 1. The van der Waals surface area contributed by atoms with Crippen molar-refractivity contribution in [3.8, 4) is 11.3 Å². The molecule has 1 aromatic carbocycles. The molecule has 0 radical (unpaired) electrons. The Morgan fingerprint density at radius 2 is 2.08 bits per heavy atom. The highest BCUT2D eigenvalue weighted by Gasteiger charge is 2.29. The van der Waals surface area contributed by atoms with Crippen LogP contribution in [0.5, 0.6) is 0 Å². The second kappa shape index (κ2) is 5.81. The first-order chi connectivity index (χ1) is 12.0. The van der Waals surface area contributed by atoms with Crippen LogP contribution >= 0.6 is 0 Å². The fourth-order valence-electron chi connectivity index (χ4n) is 2.82. The van der Waals surface area contributed by atoms with Gasteiger partial charge in [-0.05, 0) is 43.5 Å². The third-order valence-corrected chi connectivity index (χ3v) is 4.40. The third-order valence-electron chi connectivity index (χ3n) is 4.40. The van der Waals surface area contributed by atoms with Crippen molar-refractivity contribution in [1.29, 1.82) is 0 Å². The zero-order valence-corrected chi connectivity index (χ0v) is 13.6. The Bertz CT molecular complexity index is 1050. The molecule has 3 aromatic rings. The second-order valence-electron chi connectivity index (χ2n) is 6.39. The molecule has 0 bridgehead atoms. The SMILES string of the molecule is Cc1ccc(F)cc1-c1cc(=O)c2cc(NC(=O)C3CC3)ncc2[nH]1. The summed E-state index contributed by atoms with van der Waals surface area (Å²) in [7, 11) is 0. The van der Waals surface area contributed by atoms with Crippen molar-refractivity contribution >= 4 is 22.6 Å². The van der Waals surface area contributed by atoms with Crippen molar-refractivity contribution in [1.82, 2.24) is 9.97 Å². The van der Waals surface area contributed by atoms with Crippen molar-refractivity contribution in [3.05, 3.63) is 58.1 Å². The molecule has 0 unspecified atom stereocenters. The molecule has 5 nitrogen and oxygen atoms in total. The first kappa shape index (κ1) is 15.5. The highest BCUT2D eigenvalue weighted by atomic mass is 19.1. The van der Waals surface area contributed by atoms with E-state index in [2.05, 4.69) is 15.3 Å². The topological polar surface area (TPSA) is 74.8 Å². The molecule has 1 saturated carbocycles. The second-order valence-corrected chi connectivity index (χ2v) is 6.39. The van der Waals surface area contributed by atoms with Crippen LogP contribution in [0, 0.1) is 18.7 Å². The molecule has 25 heavy (non-hydrogen) atoms. The normalized spacial score (nSPS) is 13.8. The van der Waals surface area contributed by atoms with Crippen LogP contribution in [0.2, 0.25) is 0 Å². The Labute approximate surface area is 142 Å². The van der Waals surface area contributed by atoms with Crippen LogP contribution < -0.4 is 10.7 Å². The lowest BCUT2D eigenvalue weighted by atomic mass is 10.0. The van der Waals surface area contributed by atoms with Crippen molar-refractivity contribution in [2.24, 2.45) is 5.92 Å². The quantitative estimate of drug-likeness (QED) is 0.769. The predicted octanol–water partition coefficient (Wildman–Crippen LogP) is 3.39. The number of aromatic nitrogens is 2. The molecule has 6 heteroatoms. The van der Waals surface area contributed by atoms with Gasteiger partial charge in [0.2, 0.25) is 5.91 Å². The first-order valence-electron chi connectivity index (χ1n) is 8.12. The van der Waals surface area contributed by atoms with Gasteiger partial charge in [0, 0.05) is 17.5 Å². The highest BCUT2D eigenvalue weighted by Crippen LogP contribution is 2.30. The molecule has 0 saturated heterocycles. The van der Waals surface area contributed by atoms with Crippen LogP contribution in [0.15, 0.2) is 41.3 Å². The minimum absolute atomic E-state index is 0.0599. The number of nitrogens with one attached hydrogen (secondary N) is 2. The number of H-pyrrole nitrogens is 1. The van der Waals surface area contributed by atoms with E-state index in [0.717, 1.165) is 18.4 Å². The zero-order chi connectivity index (χ0) is 17.6. The number of anilines is 1. The minimum Gasteiger partial charge on any atom is -0.353 e. The van der Waals surface area contributed by atoms with Crippen molar-refractivity contribution in [2.45, 2.75) is 19.8 Å². The summed E-state index contributed by atoms with van der Waals surface area (Å²) in [5, 5.41) is 3.16.